The van der Waals surface area contributed by atoms with Gasteiger partial charge in [0.1, 0.15) is 6.04 Å². The van der Waals surface area contributed by atoms with Crippen molar-refractivity contribution in [2.24, 2.45) is 0 Å². The van der Waals surface area contributed by atoms with E-state index in [0.29, 0.717) is 13.0 Å². The molecule has 1 unspecified atom stereocenters. The van der Waals surface area contributed by atoms with Crippen LogP contribution in [0.5, 0.6) is 0 Å². The first-order valence-corrected chi connectivity index (χ1v) is 4.87. The van der Waals surface area contributed by atoms with Gasteiger partial charge in [0.25, 0.3) is 0 Å². The Balaban J connectivity index is 2.29. The Kier molecular flexibility index (Phi) is 4.16. The third-order valence-electron chi connectivity index (χ3n) is 1.98. The molecule has 0 aromatic rings. The van der Waals surface area contributed by atoms with Crippen LogP contribution in [0.4, 0.5) is 0 Å². The van der Waals surface area contributed by atoms with Crippen molar-refractivity contribution in [3.05, 3.63) is 12.2 Å². The summed E-state index contributed by atoms with van der Waals surface area (Å²) in [5.74, 6) is -0.551. The first kappa shape index (κ1) is 10.8. The summed E-state index contributed by atoms with van der Waals surface area (Å²) >= 11 is 0. The maximum Gasteiger partial charge on any atom is 0.328 e. The Morgan fingerprint density at radius 3 is 3.07 bits per heavy atom. The van der Waals surface area contributed by atoms with Crippen LogP contribution in [0.3, 0.4) is 0 Å². The molecule has 4 nitrogen and oxygen atoms in total. The fraction of sp³-hybridized carbons (Fsp3) is 0.600. The SMILES string of the molecule is CCC/C=C/C(=O)NC1CCOC1=O. The molecule has 1 amide bonds. The number of hydrogen-bond acceptors (Lipinski definition) is 3. The molecule has 0 aromatic heterocycles. The van der Waals surface area contributed by atoms with Gasteiger partial charge in [-0.1, -0.05) is 19.4 Å². The zero-order valence-electron chi connectivity index (χ0n) is 8.29. The number of carbonyl (C=O) groups is 2. The van der Waals surface area contributed by atoms with Gasteiger partial charge in [0.15, 0.2) is 0 Å². The number of allylic oxidation sites excluding steroid dienone is 1. The van der Waals surface area contributed by atoms with Crippen LogP contribution in [-0.2, 0) is 14.3 Å². The largest absolute Gasteiger partial charge is 0.464 e. The summed E-state index contributed by atoms with van der Waals surface area (Å²) in [6.07, 6.45) is 5.73. The molecule has 1 aliphatic rings. The number of esters is 1. The predicted octanol–water partition coefficient (Wildman–Crippen LogP) is 0.774. The molecule has 1 saturated heterocycles. The molecular weight excluding hydrogens is 182 g/mol. The quantitative estimate of drug-likeness (QED) is 0.535. The molecule has 1 rings (SSSR count). The highest BCUT2D eigenvalue weighted by atomic mass is 16.5. The molecule has 78 valence electrons. The second-order valence-corrected chi connectivity index (χ2v) is 3.21. The van der Waals surface area contributed by atoms with E-state index in [9.17, 15) is 9.59 Å². The molecule has 4 heteroatoms. The number of ether oxygens (including phenoxy) is 1. The van der Waals surface area contributed by atoms with Crippen molar-refractivity contribution in [3.63, 3.8) is 0 Å². The number of nitrogens with one attached hydrogen (secondary N) is 1. The summed E-state index contributed by atoms with van der Waals surface area (Å²) in [6.45, 7) is 2.44. The Morgan fingerprint density at radius 1 is 1.71 bits per heavy atom. The molecule has 14 heavy (non-hydrogen) atoms. The van der Waals surface area contributed by atoms with E-state index >= 15 is 0 Å². The third kappa shape index (κ3) is 3.20. The maximum absolute atomic E-state index is 11.2. The summed E-state index contributed by atoms with van der Waals surface area (Å²) in [5, 5.41) is 2.59. The first-order chi connectivity index (χ1) is 6.74. The molecular formula is C10H15NO3. The Hall–Kier alpha value is -1.32. The average molecular weight is 197 g/mol. The average Bonchev–Trinajstić information content (AvgIpc) is 2.52. The third-order valence-corrected chi connectivity index (χ3v) is 1.98. The smallest absolute Gasteiger partial charge is 0.328 e. The highest BCUT2D eigenvalue weighted by Crippen LogP contribution is 2.05. The fourth-order valence-electron chi connectivity index (χ4n) is 1.20. The normalized spacial score (nSPS) is 21.2. The van der Waals surface area contributed by atoms with Crippen LogP contribution < -0.4 is 5.32 Å². The van der Waals surface area contributed by atoms with Gasteiger partial charge in [-0.3, -0.25) is 4.79 Å². The lowest BCUT2D eigenvalue weighted by atomic mass is 10.2. The van der Waals surface area contributed by atoms with E-state index in [1.165, 1.54) is 6.08 Å². The van der Waals surface area contributed by atoms with Gasteiger partial charge in [-0.2, -0.15) is 0 Å². The highest BCUT2D eigenvalue weighted by Gasteiger charge is 2.26. The van der Waals surface area contributed by atoms with Gasteiger partial charge in [0, 0.05) is 6.42 Å². The van der Waals surface area contributed by atoms with Crippen LogP contribution >= 0.6 is 0 Å². The molecule has 0 aliphatic carbocycles. The van der Waals surface area contributed by atoms with Crippen molar-refractivity contribution in [2.75, 3.05) is 6.61 Å². The lowest BCUT2D eigenvalue weighted by Crippen LogP contribution is -2.36. The van der Waals surface area contributed by atoms with Gasteiger partial charge in [-0.15, -0.1) is 0 Å². The minimum atomic E-state index is -0.450. The van der Waals surface area contributed by atoms with Gasteiger partial charge < -0.3 is 10.1 Å². The standard InChI is InChI=1S/C10H15NO3/c1-2-3-4-5-9(12)11-8-6-7-14-10(8)13/h4-5,8H,2-3,6-7H2,1H3,(H,11,12)/b5-4+. The number of cyclic esters (lactones) is 1. The highest BCUT2D eigenvalue weighted by molar-refractivity contribution is 5.91. The van der Waals surface area contributed by atoms with Crippen LogP contribution in [0, 0.1) is 0 Å². The summed E-state index contributed by atoms with van der Waals surface area (Å²) in [4.78, 5) is 22.2. The molecule has 1 fully saturated rings. The molecule has 0 bridgehead atoms. The lowest BCUT2D eigenvalue weighted by molar-refractivity contribution is -0.140. The molecule has 0 aromatic carbocycles. The minimum Gasteiger partial charge on any atom is -0.464 e. The van der Waals surface area contributed by atoms with Crippen LogP contribution in [0.15, 0.2) is 12.2 Å². The van der Waals surface area contributed by atoms with Crippen molar-refractivity contribution >= 4 is 11.9 Å². The number of rotatable bonds is 4. The number of unbranched alkanes of at least 4 members (excludes halogenated alkanes) is 1. The van der Waals surface area contributed by atoms with Crippen LogP contribution in [0.1, 0.15) is 26.2 Å². The lowest BCUT2D eigenvalue weighted by Gasteiger charge is -2.05. The summed E-state index contributed by atoms with van der Waals surface area (Å²) in [5.41, 5.74) is 0. The second-order valence-electron chi connectivity index (χ2n) is 3.21. The number of hydrogen-bond donors (Lipinski definition) is 1. The molecule has 0 spiro atoms. The van der Waals surface area contributed by atoms with Gasteiger partial charge in [-0.05, 0) is 12.5 Å². The second kappa shape index (κ2) is 5.42. The van der Waals surface area contributed by atoms with E-state index in [4.69, 9.17) is 4.74 Å². The van der Waals surface area contributed by atoms with E-state index in [-0.39, 0.29) is 11.9 Å². The van der Waals surface area contributed by atoms with Crippen molar-refractivity contribution in [3.8, 4) is 0 Å². The van der Waals surface area contributed by atoms with E-state index < -0.39 is 6.04 Å². The van der Waals surface area contributed by atoms with E-state index in [0.717, 1.165) is 12.8 Å². The topological polar surface area (TPSA) is 55.4 Å². The molecule has 0 saturated carbocycles. The summed E-state index contributed by atoms with van der Waals surface area (Å²) in [6, 6.07) is -0.450. The Labute approximate surface area is 83.3 Å². The zero-order chi connectivity index (χ0) is 10.4. The van der Waals surface area contributed by atoms with E-state index in [1.54, 1.807) is 6.08 Å². The number of carbonyl (C=O) groups excluding carboxylic acids is 2. The maximum atomic E-state index is 11.2. The van der Waals surface area contributed by atoms with Crippen molar-refractivity contribution in [1.82, 2.24) is 5.32 Å². The molecule has 1 N–H and O–H groups in total. The monoisotopic (exact) mass is 197 g/mol. The minimum absolute atomic E-state index is 0.220. The van der Waals surface area contributed by atoms with Crippen molar-refractivity contribution in [2.45, 2.75) is 32.2 Å². The predicted molar refractivity (Wildman–Crippen MR) is 51.6 cm³/mol. The first-order valence-electron chi connectivity index (χ1n) is 4.87. The fourth-order valence-corrected chi connectivity index (χ4v) is 1.20. The zero-order valence-corrected chi connectivity index (χ0v) is 8.29. The summed E-state index contributed by atoms with van der Waals surface area (Å²) in [7, 11) is 0. The van der Waals surface area contributed by atoms with Crippen molar-refractivity contribution in [1.29, 1.82) is 0 Å². The van der Waals surface area contributed by atoms with Gasteiger partial charge in [0.2, 0.25) is 5.91 Å². The van der Waals surface area contributed by atoms with E-state index in [2.05, 4.69) is 5.32 Å². The van der Waals surface area contributed by atoms with Gasteiger partial charge in [0.05, 0.1) is 6.61 Å². The molecule has 0 radical (unpaired) electrons. The van der Waals surface area contributed by atoms with Crippen LogP contribution in [0.2, 0.25) is 0 Å². The van der Waals surface area contributed by atoms with Crippen LogP contribution in [-0.4, -0.2) is 24.5 Å². The molecule has 1 atom stereocenters. The molecule has 1 aliphatic heterocycles. The van der Waals surface area contributed by atoms with E-state index in [1.807, 2.05) is 6.92 Å². The van der Waals surface area contributed by atoms with Crippen molar-refractivity contribution < 1.29 is 14.3 Å². The van der Waals surface area contributed by atoms with Crippen LogP contribution in [0.25, 0.3) is 0 Å². The Bertz CT molecular complexity index is 248. The van der Waals surface area contributed by atoms with Gasteiger partial charge in [-0.25, -0.2) is 4.79 Å². The summed E-state index contributed by atoms with van der Waals surface area (Å²) < 4.78 is 4.71. The van der Waals surface area contributed by atoms with Gasteiger partial charge >= 0.3 is 5.97 Å². The molecule has 1 heterocycles. The Morgan fingerprint density at radius 2 is 2.50 bits per heavy atom. The number of amides is 1.